The summed E-state index contributed by atoms with van der Waals surface area (Å²) in [6.45, 7) is 7.16. The summed E-state index contributed by atoms with van der Waals surface area (Å²) in [5, 5.41) is 6.82. The summed E-state index contributed by atoms with van der Waals surface area (Å²) >= 11 is 0. The largest absolute Gasteiger partial charge is 0.352 e. The van der Waals surface area contributed by atoms with Gasteiger partial charge in [0.25, 0.3) is 5.56 Å². The highest BCUT2D eigenvalue weighted by atomic mass is 16.2. The monoisotopic (exact) mass is 393 g/mol. The molecule has 3 aromatic rings. The van der Waals surface area contributed by atoms with Crippen molar-refractivity contribution in [3.05, 3.63) is 80.4 Å². The number of carbonyl (C=O) groups excluding carboxylic acids is 1. The normalized spacial score (nSPS) is 10.9. The molecule has 8 nitrogen and oxygen atoms in total. The molecule has 29 heavy (non-hydrogen) atoms. The van der Waals surface area contributed by atoms with E-state index in [0.29, 0.717) is 17.3 Å². The zero-order valence-electron chi connectivity index (χ0n) is 16.8. The van der Waals surface area contributed by atoms with Gasteiger partial charge in [0.2, 0.25) is 5.91 Å². The molecule has 2 aromatic heterocycles. The Kier molecular flexibility index (Phi) is 5.72. The van der Waals surface area contributed by atoms with Gasteiger partial charge < -0.3 is 5.32 Å². The van der Waals surface area contributed by atoms with Crippen LogP contribution in [0.3, 0.4) is 0 Å². The zero-order valence-corrected chi connectivity index (χ0v) is 16.8. The van der Waals surface area contributed by atoms with Gasteiger partial charge >= 0.3 is 5.69 Å². The van der Waals surface area contributed by atoms with E-state index in [2.05, 4.69) is 15.4 Å². The van der Waals surface area contributed by atoms with Crippen molar-refractivity contribution in [2.45, 2.75) is 40.2 Å². The van der Waals surface area contributed by atoms with E-state index in [4.69, 9.17) is 0 Å². The van der Waals surface area contributed by atoms with Crippen LogP contribution in [0.25, 0.3) is 5.69 Å². The van der Waals surface area contributed by atoms with Crippen molar-refractivity contribution in [2.24, 2.45) is 0 Å². The maximum absolute atomic E-state index is 13.0. The molecule has 0 aliphatic rings. The van der Waals surface area contributed by atoms with E-state index >= 15 is 0 Å². The first-order valence-corrected chi connectivity index (χ1v) is 9.30. The first kappa shape index (κ1) is 20.2. The SMILES string of the molecule is CC(=O)Nc1cccc(-n2nc(C)c(=O)n(Cc3ccc(C(C)C)nc3)c2=O)c1. The Balaban J connectivity index is 2.04. The lowest BCUT2D eigenvalue weighted by molar-refractivity contribution is -0.114. The van der Waals surface area contributed by atoms with Gasteiger partial charge in [0.15, 0.2) is 0 Å². The van der Waals surface area contributed by atoms with Gasteiger partial charge in [0.1, 0.15) is 5.69 Å². The highest BCUT2D eigenvalue weighted by molar-refractivity contribution is 5.88. The van der Waals surface area contributed by atoms with Crippen LogP contribution in [-0.4, -0.2) is 25.2 Å². The molecule has 0 atom stereocenters. The van der Waals surface area contributed by atoms with E-state index in [0.717, 1.165) is 20.5 Å². The van der Waals surface area contributed by atoms with Crippen molar-refractivity contribution in [2.75, 3.05) is 5.32 Å². The zero-order chi connectivity index (χ0) is 21.1. The van der Waals surface area contributed by atoms with E-state index < -0.39 is 11.2 Å². The molecule has 0 fully saturated rings. The molecule has 0 unspecified atom stereocenters. The lowest BCUT2D eigenvalue weighted by atomic mass is 10.1. The van der Waals surface area contributed by atoms with Gasteiger partial charge in [-0.3, -0.25) is 19.1 Å². The molecule has 150 valence electrons. The van der Waals surface area contributed by atoms with Gasteiger partial charge in [-0.05, 0) is 42.7 Å². The minimum Gasteiger partial charge on any atom is -0.326 e. The maximum atomic E-state index is 13.0. The average molecular weight is 393 g/mol. The maximum Gasteiger partial charge on any atom is 0.352 e. The predicted octanol–water partition coefficient (Wildman–Crippen LogP) is 2.23. The number of hydrogen-bond donors (Lipinski definition) is 1. The molecule has 1 aromatic carbocycles. The van der Waals surface area contributed by atoms with Crippen molar-refractivity contribution in [3.8, 4) is 5.69 Å². The molecule has 1 amide bonds. The number of aromatic nitrogens is 4. The fourth-order valence-corrected chi connectivity index (χ4v) is 2.91. The molecule has 0 aliphatic heterocycles. The lowest BCUT2D eigenvalue weighted by Gasteiger charge is -2.12. The molecule has 8 heteroatoms. The average Bonchev–Trinajstić information content (AvgIpc) is 2.68. The second-order valence-corrected chi connectivity index (χ2v) is 7.15. The van der Waals surface area contributed by atoms with Crippen LogP contribution in [0.5, 0.6) is 0 Å². The van der Waals surface area contributed by atoms with E-state index in [1.807, 2.05) is 26.0 Å². The molecule has 0 spiro atoms. The molecule has 0 saturated heterocycles. The molecule has 1 N–H and O–H groups in total. The summed E-state index contributed by atoms with van der Waals surface area (Å²) in [5.74, 6) is 0.0732. The Labute approximate surface area is 167 Å². The van der Waals surface area contributed by atoms with Gasteiger partial charge in [-0.25, -0.2) is 4.79 Å². The minimum atomic E-state index is -0.562. The second-order valence-electron chi connectivity index (χ2n) is 7.15. The summed E-state index contributed by atoms with van der Waals surface area (Å²) in [4.78, 5) is 41.3. The fourth-order valence-electron chi connectivity index (χ4n) is 2.91. The molecule has 0 saturated carbocycles. The molecule has 0 aliphatic carbocycles. The Hall–Kier alpha value is -3.55. The minimum absolute atomic E-state index is 0.0950. The molecule has 0 bridgehead atoms. The third kappa shape index (κ3) is 4.48. The highest BCUT2D eigenvalue weighted by Crippen LogP contribution is 2.13. The number of anilines is 1. The lowest BCUT2D eigenvalue weighted by Crippen LogP contribution is -2.42. The number of aryl methyl sites for hydroxylation is 1. The topological polar surface area (TPSA) is 98.9 Å². The Bertz CT molecular complexity index is 1160. The Morgan fingerprint density at radius 3 is 2.55 bits per heavy atom. The van der Waals surface area contributed by atoms with Crippen molar-refractivity contribution in [1.29, 1.82) is 0 Å². The van der Waals surface area contributed by atoms with Gasteiger partial charge in [-0.15, -0.1) is 0 Å². The van der Waals surface area contributed by atoms with Crippen LogP contribution in [0.2, 0.25) is 0 Å². The molecule has 2 heterocycles. The van der Waals surface area contributed by atoms with Crippen LogP contribution in [0.15, 0.2) is 52.2 Å². The third-order valence-corrected chi connectivity index (χ3v) is 4.41. The van der Waals surface area contributed by atoms with E-state index in [-0.39, 0.29) is 18.1 Å². The number of hydrogen-bond acceptors (Lipinski definition) is 5. The first-order chi connectivity index (χ1) is 13.8. The van der Waals surface area contributed by atoms with Gasteiger partial charge in [-0.2, -0.15) is 9.78 Å². The van der Waals surface area contributed by atoms with Crippen molar-refractivity contribution >= 4 is 11.6 Å². The number of amides is 1. The summed E-state index contributed by atoms with van der Waals surface area (Å²) in [7, 11) is 0. The predicted molar refractivity (Wildman–Crippen MR) is 111 cm³/mol. The van der Waals surface area contributed by atoms with Crippen molar-refractivity contribution in [1.82, 2.24) is 19.3 Å². The standard InChI is InChI=1S/C21H23N5O3/c1-13(2)19-9-8-16(11-22-19)12-25-20(28)14(3)24-26(21(25)29)18-7-5-6-17(10-18)23-15(4)27/h5-11,13H,12H2,1-4H3,(H,23,27). The molecule has 3 rings (SSSR count). The van der Waals surface area contributed by atoms with Crippen molar-refractivity contribution < 1.29 is 4.79 Å². The Morgan fingerprint density at radius 2 is 1.93 bits per heavy atom. The van der Waals surface area contributed by atoms with Crippen LogP contribution in [0, 0.1) is 6.92 Å². The number of carbonyl (C=O) groups is 1. The third-order valence-electron chi connectivity index (χ3n) is 4.41. The summed E-state index contributed by atoms with van der Waals surface area (Å²) in [5.41, 5.74) is 1.86. The number of pyridine rings is 1. The van der Waals surface area contributed by atoms with Gasteiger partial charge in [0, 0.05) is 24.5 Å². The molecule has 0 radical (unpaired) electrons. The van der Waals surface area contributed by atoms with Gasteiger partial charge in [0.05, 0.1) is 12.2 Å². The highest BCUT2D eigenvalue weighted by Gasteiger charge is 2.13. The van der Waals surface area contributed by atoms with E-state index in [9.17, 15) is 14.4 Å². The van der Waals surface area contributed by atoms with Crippen LogP contribution in [-0.2, 0) is 11.3 Å². The van der Waals surface area contributed by atoms with Gasteiger partial charge in [-0.1, -0.05) is 26.0 Å². The Morgan fingerprint density at radius 1 is 1.17 bits per heavy atom. The van der Waals surface area contributed by atoms with Crippen LogP contribution < -0.4 is 16.6 Å². The number of benzene rings is 1. The fraction of sp³-hybridized carbons (Fsp3) is 0.286. The number of nitrogens with one attached hydrogen (secondary N) is 1. The van der Waals surface area contributed by atoms with Crippen LogP contribution in [0.1, 0.15) is 43.6 Å². The summed E-state index contributed by atoms with van der Waals surface area (Å²) in [6.07, 6.45) is 1.68. The van der Waals surface area contributed by atoms with Crippen molar-refractivity contribution in [3.63, 3.8) is 0 Å². The summed E-state index contributed by atoms with van der Waals surface area (Å²) < 4.78 is 2.30. The molecular weight excluding hydrogens is 370 g/mol. The van der Waals surface area contributed by atoms with Crippen LogP contribution in [0.4, 0.5) is 5.69 Å². The quantitative estimate of drug-likeness (QED) is 0.717. The molecular formula is C21H23N5O3. The van der Waals surface area contributed by atoms with Crippen LogP contribution >= 0.6 is 0 Å². The number of nitrogens with zero attached hydrogens (tertiary/aromatic N) is 4. The first-order valence-electron chi connectivity index (χ1n) is 9.30. The van der Waals surface area contributed by atoms with E-state index in [1.54, 1.807) is 37.4 Å². The smallest absolute Gasteiger partial charge is 0.326 e. The number of rotatable bonds is 5. The summed E-state index contributed by atoms with van der Waals surface area (Å²) in [6, 6.07) is 10.5. The second kappa shape index (κ2) is 8.22. The van der Waals surface area contributed by atoms with E-state index in [1.165, 1.54) is 6.92 Å².